The van der Waals surface area contributed by atoms with Crippen molar-refractivity contribution in [3.63, 3.8) is 0 Å². The Labute approximate surface area is 123 Å². The van der Waals surface area contributed by atoms with Crippen LogP contribution in [0.3, 0.4) is 0 Å². The molecular formula is C15H11BrN2O2. The van der Waals surface area contributed by atoms with Crippen LogP contribution in [-0.4, -0.2) is 15.9 Å². The van der Waals surface area contributed by atoms with Crippen molar-refractivity contribution in [1.29, 1.82) is 0 Å². The van der Waals surface area contributed by atoms with E-state index in [-0.39, 0.29) is 12.6 Å². The highest BCUT2D eigenvalue weighted by Gasteiger charge is 2.10. The molecule has 2 aromatic heterocycles. The Morgan fingerprint density at radius 1 is 1.30 bits per heavy atom. The van der Waals surface area contributed by atoms with E-state index >= 15 is 0 Å². The van der Waals surface area contributed by atoms with Crippen molar-refractivity contribution in [1.82, 2.24) is 9.97 Å². The van der Waals surface area contributed by atoms with Gasteiger partial charge < -0.3 is 9.72 Å². The summed E-state index contributed by atoms with van der Waals surface area (Å²) in [5.74, 6) is -0.386. The van der Waals surface area contributed by atoms with E-state index in [0.29, 0.717) is 5.69 Å². The number of esters is 1. The fraction of sp³-hybridized carbons (Fsp3) is 0.0667. The van der Waals surface area contributed by atoms with E-state index < -0.39 is 0 Å². The van der Waals surface area contributed by atoms with Crippen LogP contribution < -0.4 is 0 Å². The van der Waals surface area contributed by atoms with Crippen molar-refractivity contribution in [3.05, 3.63) is 64.5 Å². The number of fused-ring (bicyclic) bond motifs is 1. The van der Waals surface area contributed by atoms with Crippen LogP contribution in [0.15, 0.2) is 53.3 Å². The SMILES string of the molecule is O=C(OCc1cccc2cccnc12)c1cc(Br)c[nH]1. The first-order valence-electron chi connectivity index (χ1n) is 6.08. The minimum atomic E-state index is -0.386. The number of halogens is 1. The molecule has 0 bridgehead atoms. The second-order valence-corrected chi connectivity index (χ2v) is 5.22. The number of benzene rings is 1. The Bertz CT molecular complexity index is 762. The van der Waals surface area contributed by atoms with Gasteiger partial charge >= 0.3 is 5.97 Å². The normalized spacial score (nSPS) is 10.7. The van der Waals surface area contributed by atoms with Crippen LogP contribution in [0.25, 0.3) is 10.9 Å². The van der Waals surface area contributed by atoms with Gasteiger partial charge in [0.25, 0.3) is 0 Å². The van der Waals surface area contributed by atoms with E-state index in [1.165, 1.54) is 0 Å². The maximum Gasteiger partial charge on any atom is 0.355 e. The maximum atomic E-state index is 11.9. The number of aromatic nitrogens is 2. The predicted molar refractivity (Wildman–Crippen MR) is 79.4 cm³/mol. The smallest absolute Gasteiger partial charge is 0.355 e. The number of nitrogens with one attached hydrogen (secondary N) is 1. The lowest BCUT2D eigenvalue weighted by atomic mass is 10.1. The summed E-state index contributed by atoms with van der Waals surface area (Å²) in [6, 6.07) is 11.4. The molecule has 0 amide bonds. The van der Waals surface area contributed by atoms with Gasteiger partial charge in [0.05, 0.1) is 5.52 Å². The fourth-order valence-corrected chi connectivity index (χ4v) is 2.33. The third-order valence-electron chi connectivity index (χ3n) is 2.94. The number of para-hydroxylation sites is 1. The highest BCUT2D eigenvalue weighted by atomic mass is 79.9. The number of nitrogens with zero attached hydrogens (tertiary/aromatic N) is 1. The summed E-state index contributed by atoms with van der Waals surface area (Å²) in [5.41, 5.74) is 2.17. The Kier molecular flexibility index (Phi) is 3.52. The number of H-pyrrole nitrogens is 1. The first kappa shape index (κ1) is 12.9. The van der Waals surface area contributed by atoms with Crippen LogP contribution in [0.4, 0.5) is 0 Å². The number of carbonyl (C=O) groups excluding carboxylic acids is 1. The molecule has 0 radical (unpaired) electrons. The van der Waals surface area contributed by atoms with Gasteiger partial charge in [0, 0.05) is 27.8 Å². The number of hydrogen-bond acceptors (Lipinski definition) is 3. The summed E-state index contributed by atoms with van der Waals surface area (Å²) in [4.78, 5) is 19.0. The zero-order valence-electron chi connectivity index (χ0n) is 10.5. The largest absolute Gasteiger partial charge is 0.456 e. The highest BCUT2D eigenvalue weighted by Crippen LogP contribution is 2.17. The van der Waals surface area contributed by atoms with E-state index in [9.17, 15) is 4.79 Å². The molecule has 0 aliphatic heterocycles. The van der Waals surface area contributed by atoms with Crippen molar-refractivity contribution in [2.75, 3.05) is 0 Å². The zero-order valence-corrected chi connectivity index (χ0v) is 12.1. The van der Waals surface area contributed by atoms with Gasteiger partial charge in [-0.3, -0.25) is 4.98 Å². The van der Waals surface area contributed by atoms with Crippen molar-refractivity contribution < 1.29 is 9.53 Å². The zero-order chi connectivity index (χ0) is 13.9. The van der Waals surface area contributed by atoms with Gasteiger partial charge in [-0.1, -0.05) is 24.3 Å². The molecule has 0 unspecified atom stereocenters. The quantitative estimate of drug-likeness (QED) is 0.745. The van der Waals surface area contributed by atoms with Crippen LogP contribution >= 0.6 is 15.9 Å². The Morgan fingerprint density at radius 2 is 2.15 bits per heavy atom. The molecular weight excluding hydrogens is 320 g/mol. The summed E-state index contributed by atoms with van der Waals surface area (Å²) in [6.07, 6.45) is 3.42. The molecule has 0 saturated heterocycles. The second kappa shape index (κ2) is 5.46. The van der Waals surface area contributed by atoms with Gasteiger partial charge in [-0.15, -0.1) is 0 Å². The Hall–Kier alpha value is -2.14. The molecule has 2 heterocycles. The molecule has 1 N–H and O–H groups in total. The van der Waals surface area contributed by atoms with Crippen molar-refractivity contribution in [2.45, 2.75) is 6.61 Å². The second-order valence-electron chi connectivity index (χ2n) is 4.30. The number of rotatable bonds is 3. The molecule has 0 fully saturated rings. The summed E-state index contributed by atoms with van der Waals surface area (Å²) in [7, 11) is 0. The summed E-state index contributed by atoms with van der Waals surface area (Å²) >= 11 is 3.28. The molecule has 100 valence electrons. The summed E-state index contributed by atoms with van der Waals surface area (Å²) in [5, 5.41) is 1.03. The molecule has 0 saturated carbocycles. The van der Waals surface area contributed by atoms with Gasteiger partial charge in [0.15, 0.2) is 0 Å². The van der Waals surface area contributed by atoms with Crippen LogP contribution in [0.1, 0.15) is 16.1 Å². The number of aromatic amines is 1. The lowest BCUT2D eigenvalue weighted by Crippen LogP contribution is -2.06. The van der Waals surface area contributed by atoms with E-state index in [4.69, 9.17) is 4.74 Å². The molecule has 0 aliphatic carbocycles. The van der Waals surface area contributed by atoms with Crippen LogP contribution in [0.2, 0.25) is 0 Å². The fourth-order valence-electron chi connectivity index (χ4n) is 1.99. The first-order valence-corrected chi connectivity index (χ1v) is 6.87. The molecule has 3 aromatic rings. The van der Waals surface area contributed by atoms with E-state index in [1.54, 1.807) is 18.5 Å². The van der Waals surface area contributed by atoms with Crippen molar-refractivity contribution in [2.24, 2.45) is 0 Å². The minimum Gasteiger partial charge on any atom is -0.456 e. The van der Waals surface area contributed by atoms with Crippen LogP contribution in [0.5, 0.6) is 0 Å². The van der Waals surface area contributed by atoms with Gasteiger partial charge in [-0.05, 0) is 28.1 Å². The molecule has 0 atom stereocenters. The third-order valence-corrected chi connectivity index (χ3v) is 3.40. The molecule has 20 heavy (non-hydrogen) atoms. The molecule has 3 rings (SSSR count). The summed E-state index contributed by atoms with van der Waals surface area (Å²) < 4.78 is 6.12. The van der Waals surface area contributed by atoms with Gasteiger partial charge in [-0.2, -0.15) is 0 Å². The molecule has 0 aliphatic rings. The highest BCUT2D eigenvalue weighted by molar-refractivity contribution is 9.10. The topological polar surface area (TPSA) is 55.0 Å². The Morgan fingerprint density at radius 3 is 2.95 bits per heavy atom. The standard InChI is InChI=1S/C15H11BrN2O2/c16-12-7-13(18-8-12)15(19)20-9-11-4-1-3-10-5-2-6-17-14(10)11/h1-8,18H,9H2. The average molecular weight is 331 g/mol. The number of ether oxygens (including phenoxy) is 1. The van der Waals surface area contributed by atoms with Gasteiger partial charge in [0.2, 0.25) is 0 Å². The van der Waals surface area contributed by atoms with E-state index in [0.717, 1.165) is 20.9 Å². The predicted octanol–water partition coefficient (Wildman–Crippen LogP) is 3.68. The average Bonchev–Trinajstić information content (AvgIpc) is 2.91. The van der Waals surface area contributed by atoms with E-state index in [2.05, 4.69) is 25.9 Å². The first-order chi connectivity index (χ1) is 9.74. The Balaban J connectivity index is 1.79. The lowest BCUT2D eigenvalue weighted by Gasteiger charge is -2.06. The number of pyridine rings is 1. The summed E-state index contributed by atoms with van der Waals surface area (Å²) in [6.45, 7) is 0.198. The number of hydrogen-bond donors (Lipinski definition) is 1. The van der Waals surface area contributed by atoms with Crippen LogP contribution in [-0.2, 0) is 11.3 Å². The van der Waals surface area contributed by atoms with Crippen molar-refractivity contribution >= 4 is 32.8 Å². The van der Waals surface area contributed by atoms with E-state index in [1.807, 2.05) is 30.3 Å². The number of carbonyl (C=O) groups is 1. The van der Waals surface area contributed by atoms with Crippen LogP contribution in [0, 0.1) is 0 Å². The lowest BCUT2D eigenvalue weighted by molar-refractivity contribution is 0.0468. The van der Waals surface area contributed by atoms with Crippen molar-refractivity contribution in [3.8, 4) is 0 Å². The van der Waals surface area contributed by atoms with Gasteiger partial charge in [0.1, 0.15) is 12.3 Å². The molecule has 5 heteroatoms. The molecule has 4 nitrogen and oxygen atoms in total. The van der Waals surface area contributed by atoms with Gasteiger partial charge in [-0.25, -0.2) is 4.79 Å². The minimum absolute atomic E-state index is 0.198. The maximum absolute atomic E-state index is 11.9. The molecule has 1 aromatic carbocycles. The third kappa shape index (κ3) is 2.58. The monoisotopic (exact) mass is 330 g/mol. The molecule has 0 spiro atoms.